The number of furan rings is 1. The Balaban J connectivity index is 1.59. The van der Waals surface area contributed by atoms with Crippen LogP contribution in [0.5, 0.6) is 5.75 Å². The monoisotopic (exact) mass is 330 g/mol. The molecule has 0 atom stereocenters. The Kier molecular flexibility index (Phi) is 6.42. The number of amides is 2. The summed E-state index contributed by atoms with van der Waals surface area (Å²) in [5.74, 6) is 0.412. The molecule has 24 heavy (non-hydrogen) atoms. The number of carbonyl (C=O) groups is 2. The number of rotatable bonds is 8. The Morgan fingerprint density at radius 1 is 1.08 bits per heavy atom. The molecule has 6 nitrogen and oxygen atoms in total. The first kappa shape index (κ1) is 17.6. The summed E-state index contributed by atoms with van der Waals surface area (Å²) >= 11 is 0. The SMILES string of the molecule is Cc1cc(C)cc(OCCNC(=O)CCNC(=O)c2ccoc2)c1. The predicted octanol–water partition coefficient (Wildman–Crippen LogP) is 2.21. The minimum Gasteiger partial charge on any atom is -0.492 e. The molecule has 2 N–H and O–H groups in total. The van der Waals surface area contributed by atoms with Crippen LogP contribution in [0, 0.1) is 13.8 Å². The molecule has 0 saturated carbocycles. The van der Waals surface area contributed by atoms with Gasteiger partial charge < -0.3 is 19.8 Å². The van der Waals surface area contributed by atoms with Gasteiger partial charge in [-0.1, -0.05) is 6.07 Å². The van der Waals surface area contributed by atoms with Crippen LogP contribution in [0.1, 0.15) is 27.9 Å². The van der Waals surface area contributed by atoms with E-state index in [1.165, 1.54) is 12.5 Å². The van der Waals surface area contributed by atoms with E-state index in [4.69, 9.17) is 9.15 Å². The Morgan fingerprint density at radius 2 is 1.83 bits per heavy atom. The van der Waals surface area contributed by atoms with Crippen LogP contribution in [0.4, 0.5) is 0 Å². The first-order chi connectivity index (χ1) is 11.5. The molecule has 1 aromatic carbocycles. The van der Waals surface area contributed by atoms with Crippen LogP contribution < -0.4 is 15.4 Å². The van der Waals surface area contributed by atoms with Crippen molar-refractivity contribution < 1.29 is 18.7 Å². The smallest absolute Gasteiger partial charge is 0.254 e. The second-order valence-corrected chi connectivity index (χ2v) is 5.54. The second-order valence-electron chi connectivity index (χ2n) is 5.54. The van der Waals surface area contributed by atoms with Gasteiger partial charge in [0.15, 0.2) is 0 Å². The zero-order chi connectivity index (χ0) is 17.4. The largest absolute Gasteiger partial charge is 0.492 e. The van der Waals surface area contributed by atoms with Crippen molar-refractivity contribution >= 4 is 11.8 Å². The molecule has 0 radical (unpaired) electrons. The quantitative estimate of drug-likeness (QED) is 0.727. The van der Waals surface area contributed by atoms with Gasteiger partial charge in [-0.3, -0.25) is 9.59 Å². The number of carbonyl (C=O) groups excluding carboxylic acids is 2. The van der Waals surface area contributed by atoms with Gasteiger partial charge in [-0.2, -0.15) is 0 Å². The first-order valence-electron chi connectivity index (χ1n) is 7.83. The van der Waals surface area contributed by atoms with Crippen molar-refractivity contribution in [1.29, 1.82) is 0 Å². The zero-order valence-corrected chi connectivity index (χ0v) is 13.9. The fraction of sp³-hybridized carbons (Fsp3) is 0.333. The second kappa shape index (κ2) is 8.76. The van der Waals surface area contributed by atoms with Gasteiger partial charge in [0, 0.05) is 13.0 Å². The first-order valence-corrected chi connectivity index (χ1v) is 7.83. The highest BCUT2D eigenvalue weighted by atomic mass is 16.5. The van der Waals surface area contributed by atoms with E-state index >= 15 is 0 Å². The molecular weight excluding hydrogens is 308 g/mol. The molecule has 0 fully saturated rings. The fourth-order valence-corrected chi connectivity index (χ4v) is 2.25. The average molecular weight is 330 g/mol. The van der Waals surface area contributed by atoms with E-state index in [9.17, 15) is 9.59 Å². The molecular formula is C18H22N2O4. The molecule has 0 saturated heterocycles. The molecule has 2 amide bonds. The van der Waals surface area contributed by atoms with Crippen LogP contribution >= 0.6 is 0 Å². The van der Waals surface area contributed by atoms with E-state index in [0.717, 1.165) is 16.9 Å². The van der Waals surface area contributed by atoms with Gasteiger partial charge in [-0.15, -0.1) is 0 Å². The van der Waals surface area contributed by atoms with Crippen LogP contribution in [0.3, 0.4) is 0 Å². The molecule has 0 aliphatic carbocycles. The molecule has 0 spiro atoms. The van der Waals surface area contributed by atoms with Crippen molar-refractivity contribution in [2.75, 3.05) is 19.7 Å². The maximum Gasteiger partial charge on any atom is 0.254 e. The van der Waals surface area contributed by atoms with Crippen molar-refractivity contribution in [2.45, 2.75) is 20.3 Å². The summed E-state index contributed by atoms with van der Waals surface area (Å²) < 4.78 is 10.4. The molecule has 1 heterocycles. The number of aryl methyl sites for hydroxylation is 2. The molecule has 0 aliphatic rings. The molecule has 6 heteroatoms. The molecule has 0 aliphatic heterocycles. The zero-order valence-electron chi connectivity index (χ0n) is 13.9. The third-order valence-electron chi connectivity index (χ3n) is 3.31. The Labute approximate surface area is 141 Å². The Morgan fingerprint density at radius 3 is 2.50 bits per heavy atom. The van der Waals surface area contributed by atoms with E-state index in [2.05, 4.69) is 16.7 Å². The van der Waals surface area contributed by atoms with Crippen molar-refractivity contribution in [2.24, 2.45) is 0 Å². The normalized spacial score (nSPS) is 10.2. The number of benzene rings is 1. The summed E-state index contributed by atoms with van der Waals surface area (Å²) in [6.45, 7) is 5.12. The van der Waals surface area contributed by atoms with Gasteiger partial charge in [-0.05, 0) is 43.2 Å². The van der Waals surface area contributed by atoms with E-state index in [0.29, 0.717) is 18.7 Å². The van der Waals surface area contributed by atoms with Crippen molar-refractivity contribution in [1.82, 2.24) is 10.6 Å². The molecule has 128 valence electrons. The highest BCUT2D eigenvalue weighted by Gasteiger charge is 2.07. The number of nitrogens with one attached hydrogen (secondary N) is 2. The molecule has 0 unspecified atom stereocenters. The lowest BCUT2D eigenvalue weighted by Gasteiger charge is -2.09. The summed E-state index contributed by atoms with van der Waals surface area (Å²) in [7, 11) is 0. The maximum atomic E-state index is 11.7. The summed E-state index contributed by atoms with van der Waals surface area (Å²) in [4.78, 5) is 23.3. The highest BCUT2D eigenvalue weighted by Crippen LogP contribution is 2.15. The number of hydrogen-bond donors (Lipinski definition) is 2. The third-order valence-corrected chi connectivity index (χ3v) is 3.31. The van der Waals surface area contributed by atoms with Crippen LogP contribution in [0.2, 0.25) is 0 Å². The van der Waals surface area contributed by atoms with Crippen molar-refractivity contribution in [3.05, 3.63) is 53.5 Å². The van der Waals surface area contributed by atoms with E-state index < -0.39 is 0 Å². The Hall–Kier alpha value is -2.76. The van der Waals surface area contributed by atoms with Gasteiger partial charge in [0.2, 0.25) is 5.91 Å². The van der Waals surface area contributed by atoms with Crippen LogP contribution in [-0.2, 0) is 4.79 Å². The van der Waals surface area contributed by atoms with Gasteiger partial charge in [-0.25, -0.2) is 0 Å². The van der Waals surface area contributed by atoms with Crippen molar-refractivity contribution in [3.63, 3.8) is 0 Å². The fourth-order valence-electron chi connectivity index (χ4n) is 2.25. The van der Waals surface area contributed by atoms with Gasteiger partial charge >= 0.3 is 0 Å². The molecule has 1 aromatic heterocycles. The maximum absolute atomic E-state index is 11.7. The van der Waals surface area contributed by atoms with Crippen molar-refractivity contribution in [3.8, 4) is 5.75 Å². The van der Waals surface area contributed by atoms with E-state index in [1.54, 1.807) is 6.07 Å². The average Bonchev–Trinajstić information content (AvgIpc) is 3.05. The highest BCUT2D eigenvalue weighted by molar-refractivity contribution is 5.94. The molecule has 2 rings (SSSR count). The lowest BCUT2D eigenvalue weighted by Crippen LogP contribution is -2.32. The van der Waals surface area contributed by atoms with Gasteiger partial charge in [0.1, 0.15) is 18.6 Å². The molecule has 2 aromatic rings. The third kappa shape index (κ3) is 5.79. The number of hydrogen-bond acceptors (Lipinski definition) is 4. The summed E-state index contributed by atoms with van der Waals surface area (Å²) in [6.07, 6.45) is 3.00. The standard InChI is InChI=1S/C18H22N2O4/c1-13-9-14(2)11-16(10-13)24-8-6-19-17(21)3-5-20-18(22)15-4-7-23-12-15/h4,7,9-12H,3,5-6,8H2,1-2H3,(H,19,21)(H,20,22). The summed E-state index contributed by atoms with van der Waals surface area (Å²) in [5.41, 5.74) is 2.72. The predicted molar refractivity (Wildman–Crippen MR) is 90.1 cm³/mol. The minimum absolute atomic E-state index is 0.133. The molecule has 0 bridgehead atoms. The van der Waals surface area contributed by atoms with E-state index in [-0.39, 0.29) is 24.8 Å². The summed E-state index contributed by atoms with van der Waals surface area (Å²) in [6, 6.07) is 7.56. The van der Waals surface area contributed by atoms with Gasteiger partial charge in [0.25, 0.3) is 5.91 Å². The topological polar surface area (TPSA) is 80.6 Å². The van der Waals surface area contributed by atoms with E-state index in [1.807, 2.05) is 26.0 Å². The number of ether oxygens (including phenoxy) is 1. The van der Waals surface area contributed by atoms with Crippen LogP contribution in [0.15, 0.2) is 41.2 Å². The lowest BCUT2D eigenvalue weighted by atomic mass is 10.1. The minimum atomic E-state index is -0.255. The summed E-state index contributed by atoms with van der Waals surface area (Å²) in [5, 5.41) is 5.41. The van der Waals surface area contributed by atoms with Crippen LogP contribution in [-0.4, -0.2) is 31.5 Å². The lowest BCUT2D eigenvalue weighted by molar-refractivity contribution is -0.121. The Bertz CT molecular complexity index is 660. The van der Waals surface area contributed by atoms with Crippen LogP contribution in [0.25, 0.3) is 0 Å². The van der Waals surface area contributed by atoms with Gasteiger partial charge in [0.05, 0.1) is 18.4 Å².